The molecule has 0 N–H and O–H groups in total. The van der Waals surface area contributed by atoms with Crippen molar-refractivity contribution in [2.45, 2.75) is 0 Å². The first-order chi connectivity index (χ1) is 28.6. The van der Waals surface area contributed by atoms with Crippen LogP contribution in [0.3, 0.4) is 0 Å². The fraction of sp³-hybridized carbons (Fsp3) is 0. The summed E-state index contributed by atoms with van der Waals surface area (Å²) in [6.45, 7) is 0. The van der Waals surface area contributed by atoms with Gasteiger partial charge in [-0.1, -0.05) is 140 Å². The van der Waals surface area contributed by atoms with Crippen LogP contribution in [0.15, 0.2) is 182 Å². The van der Waals surface area contributed by atoms with Gasteiger partial charge in [0, 0.05) is 33.0 Å². The van der Waals surface area contributed by atoms with Gasteiger partial charge in [-0.15, -0.1) is 0 Å². The Morgan fingerprint density at radius 2 is 1.02 bits per heavy atom. The fourth-order valence-corrected chi connectivity index (χ4v) is 8.43. The molecule has 10 rings (SSSR count). The van der Waals surface area contributed by atoms with E-state index in [0.29, 0.717) is 33.6 Å². The van der Waals surface area contributed by atoms with Crippen LogP contribution in [0.2, 0.25) is 0 Å². The summed E-state index contributed by atoms with van der Waals surface area (Å²) in [6, 6.07) is 62.9. The summed E-state index contributed by atoms with van der Waals surface area (Å²) in [5, 5.41) is 21.8. The molecule has 0 saturated heterocycles. The second kappa shape index (κ2) is 13.8. The van der Waals surface area contributed by atoms with E-state index in [9.17, 15) is 10.5 Å². The van der Waals surface area contributed by atoms with E-state index in [2.05, 4.69) is 36.4 Å². The zero-order valence-corrected chi connectivity index (χ0v) is 30.9. The predicted octanol–water partition coefficient (Wildman–Crippen LogP) is 12.0. The maximum Gasteiger partial charge on any atom is 0.268 e. The lowest BCUT2D eigenvalue weighted by atomic mass is 9.90. The average molecular weight is 743 g/mol. The van der Waals surface area contributed by atoms with Crippen LogP contribution in [0.1, 0.15) is 31.8 Å². The van der Waals surface area contributed by atoms with Crippen molar-refractivity contribution < 1.29 is 9.59 Å². The Kier molecular flexibility index (Phi) is 8.11. The molecule has 6 heteroatoms. The zero-order valence-electron chi connectivity index (χ0n) is 30.9. The van der Waals surface area contributed by atoms with Gasteiger partial charge in [-0.3, -0.25) is 9.59 Å². The molecule has 0 fully saturated rings. The number of nitrogens with zero attached hydrogens (tertiary/aromatic N) is 4. The Hall–Kier alpha value is -8.32. The van der Waals surface area contributed by atoms with Crippen LogP contribution in [0.4, 0.5) is 5.69 Å². The summed E-state index contributed by atoms with van der Waals surface area (Å²) < 4.78 is 2.04. The number of amides is 2. The Balaban J connectivity index is 1.25. The first-order valence-corrected chi connectivity index (χ1v) is 18.9. The highest BCUT2D eigenvalue weighted by atomic mass is 16.2. The standard InChI is InChI=1S/C52H30N4O2/c53-31-33-26-27-39(38(28-33)32-54)41-21-12-22-42-40-20-10-11-24-46(40)55(49(41)42)47-25-13-23-43-48(47)52(58)56(51(43)57)50-44(35-16-6-2-7-17-35)29-37(34-14-4-1-5-15-34)30-45(50)36-18-8-3-9-19-36/h1-30H. The zero-order chi connectivity index (χ0) is 39.3. The minimum absolute atomic E-state index is 0.287. The Morgan fingerprint density at radius 3 is 1.67 bits per heavy atom. The normalized spacial score (nSPS) is 12.1. The fourth-order valence-electron chi connectivity index (χ4n) is 8.43. The molecule has 0 aliphatic carbocycles. The third-order valence-corrected chi connectivity index (χ3v) is 11.0. The van der Waals surface area contributed by atoms with Crippen molar-refractivity contribution in [1.29, 1.82) is 10.5 Å². The molecule has 1 aromatic heterocycles. The Bertz CT molecular complexity index is 3170. The van der Waals surface area contributed by atoms with E-state index in [4.69, 9.17) is 0 Å². The molecule has 1 aliphatic heterocycles. The van der Waals surface area contributed by atoms with Crippen LogP contribution in [0.25, 0.3) is 72.0 Å². The minimum Gasteiger partial charge on any atom is -0.308 e. The van der Waals surface area contributed by atoms with Gasteiger partial charge in [0.05, 0.1) is 56.8 Å². The molecular weight excluding hydrogens is 713 g/mol. The molecule has 6 nitrogen and oxygen atoms in total. The van der Waals surface area contributed by atoms with Crippen molar-refractivity contribution in [2.24, 2.45) is 0 Å². The molecular formula is C52H30N4O2. The molecule has 9 aromatic rings. The van der Waals surface area contributed by atoms with E-state index >= 15 is 9.59 Å². The van der Waals surface area contributed by atoms with Crippen LogP contribution in [-0.2, 0) is 0 Å². The topological polar surface area (TPSA) is 89.9 Å². The number of rotatable bonds is 6. The Labute approximate surface area is 334 Å². The van der Waals surface area contributed by atoms with E-state index < -0.39 is 11.8 Å². The van der Waals surface area contributed by atoms with Crippen molar-refractivity contribution in [1.82, 2.24) is 4.57 Å². The van der Waals surface area contributed by atoms with Crippen LogP contribution in [-0.4, -0.2) is 16.4 Å². The molecule has 270 valence electrons. The van der Waals surface area contributed by atoms with Crippen LogP contribution < -0.4 is 4.90 Å². The lowest BCUT2D eigenvalue weighted by molar-refractivity contribution is 0.0926. The number of nitriles is 2. The van der Waals surface area contributed by atoms with Crippen molar-refractivity contribution in [3.63, 3.8) is 0 Å². The third kappa shape index (κ3) is 5.33. The predicted molar refractivity (Wildman–Crippen MR) is 230 cm³/mol. The lowest BCUT2D eigenvalue weighted by Crippen LogP contribution is -2.30. The number of anilines is 1. The molecule has 0 saturated carbocycles. The van der Waals surface area contributed by atoms with Gasteiger partial charge in [0.2, 0.25) is 0 Å². The number of carbonyl (C=O) groups excluding carboxylic acids is 2. The third-order valence-electron chi connectivity index (χ3n) is 11.0. The van der Waals surface area contributed by atoms with Gasteiger partial charge >= 0.3 is 0 Å². The highest BCUT2D eigenvalue weighted by Crippen LogP contribution is 2.47. The molecule has 0 spiro atoms. The van der Waals surface area contributed by atoms with Gasteiger partial charge in [-0.2, -0.15) is 10.5 Å². The first-order valence-electron chi connectivity index (χ1n) is 18.9. The number of carbonyl (C=O) groups is 2. The Morgan fingerprint density at radius 1 is 0.431 bits per heavy atom. The van der Waals surface area contributed by atoms with E-state index in [1.54, 1.807) is 24.3 Å². The quantitative estimate of drug-likeness (QED) is 0.159. The van der Waals surface area contributed by atoms with E-state index in [1.165, 1.54) is 4.90 Å². The van der Waals surface area contributed by atoms with E-state index in [1.807, 2.05) is 138 Å². The summed E-state index contributed by atoms with van der Waals surface area (Å²) in [4.78, 5) is 31.9. The number of imide groups is 1. The van der Waals surface area contributed by atoms with Crippen LogP contribution >= 0.6 is 0 Å². The number of hydrogen-bond acceptors (Lipinski definition) is 4. The number of aromatic nitrogens is 1. The largest absolute Gasteiger partial charge is 0.308 e. The molecule has 2 amide bonds. The van der Waals surface area contributed by atoms with Gasteiger partial charge in [-0.25, -0.2) is 4.90 Å². The lowest BCUT2D eigenvalue weighted by Gasteiger charge is -2.24. The van der Waals surface area contributed by atoms with Gasteiger partial charge < -0.3 is 4.57 Å². The second-order valence-electron chi connectivity index (χ2n) is 14.2. The van der Waals surface area contributed by atoms with Gasteiger partial charge in [-0.05, 0) is 64.7 Å². The molecule has 0 unspecified atom stereocenters. The summed E-state index contributed by atoms with van der Waals surface area (Å²) in [7, 11) is 0. The van der Waals surface area contributed by atoms with Crippen LogP contribution in [0, 0.1) is 22.7 Å². The van der Waals surface area contributed by atoms with Gasteiger partial charge in [0.15, 0.2) is 0 Å². The first kappa shape index (κ1) is 34.2. The summed E-state index contributed by atoms with van der Waals surface area (Å²) in [5.41, 5.74) is 10.6. The van der Waals surface area contributed by atoms with Crippen molar-refractivity contribution in [3.8, 4) is 62.3 Å². The summed E-state index contributed by atoms with van der Waals surface area (Å²) in [5.74, 6) is -0.847. The molecule has 1 aliphatic rings. The number of benzene rings is 8. The summed E-state index contributed by atoms with van der Waals surface area (Å²) in [6.07, 6.45) is 0. The number of para-hydroxylation sites is 2. The monoisotopic (exact) mass is 742 g/mol. The smallest absolute Gasteiger partial charge is 0.268 e. The maximum atomic E-state index is 15.5. The second-order valence-corrected chi connectivity index (χ2v) is 14.2. The molecule has 8 aromatic carbocycles. The SMILES string of the molecule is N#Cc1ccc(-c2cccc3c4ccccc4n(-c4cccc5c4C(=O)N(c4c(-c6ccccc6)cc(-c6ccccc6)cc4-c4ccccc4)C5=O)c23)c(C#N)c1. The number of fused-ring (bicyclic) bond motifs is 4. The molecule has 0 bridgehead atoms. The summed E-state index contributed by atoms with van der Waals surface area (Å²) >= 11 is 0. The highest BCUT2D eigenvalue weighted by Gasteiger charge is 2.42. The van der Waals surface area contributed by atoms with Crippen molar-refractivity contribution >= 4 is 39.3 Å². The number of hydrogen-bond donors (Lipinski definition) is 0. The molecule has 0 atom stereocenters. The molecule has 58 heavy (non-hydrogen) atoms. The van der Waals surface area contributed by atoms with Gasteiger partial charge in [0.1, 0.15) is 0 Å². The van der Waals surface area contributed by atoms with Crippen molar-refractivity contribution in [3.05, 3.63) is 204 Å². The van der Waals surface area contributed by atoms with E-state index in [-0.39, 0.29) is 5.56 Å². The average Bonchev–Trinajstić information content (AvgIpc) is 3.76. The molecule has 0 radical (unpaired) electrons. The van der Waals surface area contributed by atoms with E-state index in [0.717, 1.165) is 60.8 Å². The maximum absolute atomic E-state index is 15.5. The van der Waals surface area contributed by atoms with Gasteiger partial charge in [0.25, 0.3) is 11.8 Å². The minimum atomic E-state index is -0.433. The van der Waals surface area contributed by atoms with Crippen molar-refractivity contribution in [2.75, 3.05) is 4.90 Å². The van der Waals surface area contributed by atoms with Crippen LogP contribution in [0.5, 0.6) is 0 Å². The molecule has 2 heterocycles. The highest BCUT2D eigenvalue weighted by molar-refractivity contribution is 6.37.